The van der Waals surface area contributed by atoms with Gasteiger partial charge in [0, 0.05) is 26.2 Å². The summed E-state index contributed by atoms with van der Waals surface area (Å²) >= 11 is 3.68. The van der Waals surface area contributed by atoms with Crippen LogP contribution in [0.4, 0.5) is 0 Å². The van der Waals surface area contributed by atoms with Gasteiger partial charge in [-0.25, -0.2) is 0 Å². The molecule has 1 N–H and O–H groups in total. The molecule has 4 nitrogen and oxygen atoms in total. The first-order chi connectivity index (χ1) is 9.17. The molecule has 0 saturated heterocycles. The molecule has 0 bridgehead atoms. The van der Waals surface area contributed by atoms with E-state index in [1.165, 1.54) is 31.4 Å². The molecule has 0 aliphatic heterocycles. The minimum atomic E-state index is 0.229. The third-order valence-corrected chi connectivity index (χ3v) is 5.00. The van der Waals surface area contributed by atoms with Crippen LogP contribution < -0.4 is 0 Å². The van der Waals surface area contributed by atoms with E-state index in [-0.39, 0.29) is 6.61 Å². The molecule has 0 atom stereocenters. The smallest absolute Gasteiger partial charge is 0.0767 e. The van der Waals surface area contributed by atoms with E-state index in [0.29, 0.717) is 6.04 Å². The van der Waals surface area contributed by atoms with Gasteiger partial charge in [0.25, 0.3) is 0 Å². The summed E-state index contributed by atoms with van der Waals surface area (Å²) in [6, 6.07) is 0.624. The highest BCUT2D eigenvalue weighted by molar-refractivity contribution is 9.10. The van der Waals surface area contributed by atoms with Crippen LogP contribution in [0, 0.1) is 0 Å². The number of hydrogen-bond donors (Lipinski definition) is 1. The predicted octanol–water partition coefficient (Wildman–Crippen LogP) is 2.48. The minimum Gasteiger partial charge on any atom is -0.395 e. The molecule has 1 heterocycles. The molecular weight excluding hydrogens is 306 g/mol. The van der Waals surface area contributed by atoms with Gasteiger partial charge in [0.05, 0.1) is 22.5 Å². The molecule has 0 radical (unpaired) electrons. The summed E-state index contributed by atoms with van der Waals surface area (Å²) in [6.45, 7) is 3.98. The maximum absolute atomic E-state index is 9.29. The van der Waals surface area contributed by atoms with Crippen molar-refractivity contribution in [2.75, 3.05) is 13.2 Å². The first-order valence-corrected chi connectivity index (χ1v) is 8.01. The average molecular weight is 330 g/mol. The minimum absolute atomic E-state index is 0.229. The van der Waals surface area contributed by atoms with Crippen LogP contribution in [0.2, 0.25) is 0 Å². The lowest BCUT2D eigenvalue weighted by Crippen LogP contribution is -2.35. The monoisotopic (exact) mass is 329 g/mol. The summed E-state index contributed by atoms with van der Waals surface area (Å²) in [5.41, 5.74) is 2.34. The Morgan fingerprint density at radius 3 is 2.63 bits per heavy atom. The molecule has 1 aromatic heterocycles. The molecule has 0 aromatic carbocycles. The van der Waals surface area contributed by atoms with Gasteiger partial charge in [-0.2, -0.15) is 5.10 Å². The number of aryl methyl sites for hydroxylation is 2. The fraction of sp³-hybridized carbons (Fsp3) is 0.786. The molecule has 0 amide bonds. The Balaban J connectivity index is 2.14. The maximum Gasteiger partial charge on any atom is 0.0767 e. The van der Waals surface area contributed by atoms with Crippen LogP contribution in [-0.2, 0) is 20.0 Å². The molecule has 1 aliphatic carbocycles. The van der Waals surface area contributed by atoms with E-state index in [2.05, 4.69) is 32.9 Å². The number of hydrogen-bond acceptors (Lipinski definition) is 3. The molecule has 0 spiro atoms. The summed E-state index contributed by atoms with van der Waals surface area (Å²) in [6.07, 6.45) is 6.10. The van der Waals surface area contributed by atoms with Crippen LogP contribution >= 0.6 is 15.9 Å². The van der Waals surface area contributed by atoms with Gasteiger partial charge in [-0.3, -0.25) is 9.58 Å². The molecule has 0 unspecified atom stereocenters. The van der Waals surface area contributed by atoms with Crippen molar-refractivity contribution in [1.82, 2.24) is 14.7 Å². The summed E-state index contributed by atoms with van der Waals surface area (Å²) in [7, 11) is 2.00. The summed E-state index contributed by atoms with van der Waals surface area (Å²) < 4.78 is 3.11. The van der Waals surface area contributed by atoms with Crippen molar-refractivity contribution in [2.24, 2.45) is 7.05 Å². The Kier molecular flexibility index (Phi) is 5.42. The van der Waals surface area contributed by atoms with Crippen molar-refractivity contribution < 1.29 is 5.11 Å². The van der Waals surface area contributed by atoms with Gasteiger partial charge in [-0.05, 0) is 35.2 Å². The van der Waals surface area contributed by atoms with Crippen LogP contribution in [0.25, 0.3) is 0 Å². The number of halogens is 1. The van der Waals surface area contributed by atoms with E-state index in [1.54, 1.807) is 0 Å². The quantitative estimate of drug-likeness (QED) is 0.871. The van der Waals surface area contributed by atoms with E-state index in [1.807, 2.05) is 11.7 Å². The molecule has 1 aromatic rings. The molecule has 108 valence electrons. The van der Waals surface area contributed by atoms with Crippen molar-refractivity contribution in [3.63, 3.8) is 0 Å². The van der Waals surface area contributed by atoms with Gasteiger partial charge < -0.3 is 5.11 Å². The van der Waals surface area contributed by atoms with E-state index < -0.39 is 0 Å². The molecule has 2 rings (SSSR count). The molecule has 1 fully saturated rings. The summed E-state index contributed by atoms with van der Waals surface area (Å²) in [5, 5.41) is 13.8. The predicted molar refractivity (Wildman–Crippen MR) is 80.0 cm³/mol. The lowest BCUT2D eigenvalue weighted by Gasteiger charge is -2.28. The largest absolute Gasteiger partial charge is 0.395 e. The highest BCUT2D eigenvalue weighted by Gasteiger charge is 2.24. The summed E-state index contributed by atoms with van der Waals surface area (Å²) in [4.78, 5) is 2.41. The van der Waals surface area contributed by atoms with Crippen molar-refractivity contribution in [2.45, 2.75) is 51.6 Å². The zero-order valence-electron chi connectivity index (χ0n) is 11.9. The molecule has 19 heavy (non-hydrogen) atoms. The lowest BCUT2D eigenvalue weighted by molar-refractivity contribution is 0.141. The van der Waals surface area contributed by atoms with Gasteiger partial charge in [0.1, 0.15) is 0 Å². The second kappa shape index (κ2) is 6.86. The van der Waals surface area contributed by atoms with Crippen LogP contribution in [0.5, 0.6) is 0 Å². The van der Waals surface area contributed by atoms with Crippen molar-refractivity contribution in [1.29, 1.82) is 0 Å². The van der Waals surface area contributed by atoms with E-state index >= 15 is 0 Å². The van der Waals surface area contributed by atoms with Gasteiger partial charge in [-0.1, -0.05) is 19.8 Å². The summed E-state index contributed by atoms with van der Waals surface area (Å²) in [5.74, 6) is 0. The number of aliphatic hydroxyl groups is 1. The van der Waals surface area contributed by atoms with E-state index in [4.69, 9.17) is 0 Å². The van der Waals surface area contributed by atoms with Crippen molar-refractivity contribution in [3.8, 4) is 0 Å². The molecule has 5 heteroatoms. The zero-order chi connectivity index (χ0) is 13.8. The Labute approximate surface area is 123 Å². The second-order valence-electron chi connectivity index (χ2n) is 5.32. The highest BCUT2D eigenvalue weighted by atomic mass is 79.9. The molecular formula is C14H24BrN3O. The average Bonchev–Trinajstić information content (AvgIpc) is 3.01. The molecule has 1 saturated carbocycles. The third-order valence-electron chi connectivity index (χ3n) is 4.08. The Bertz CT molecular complexity index is 413. The van der Waals surface area contributed by atoms with Crippen molar-refractivity contribution >= 4 is 15.9 Å². The fourth-order valence-electron chi connectivity index (χ4n) is 2.97. The first-order valence-electron chi connectivity index (χ1n) is 7.22. The van der Waals surface area contributed by atoms with Crippen molar-refractivity contribution in [3.05, 3.63) is 15.9 Å². The number of aromatic nitrogens is 2. The highest BCUT2D eigenvalue weighted by Crippen LogP contribution is 2.28. The maximum atomic E-state index is 9.29. The number of nitrogens with zero attached hydrogens (tertiary/aromatic N) is 3. The fourth-order valence-corrected chi connectivity index (χ4v) is 3.71. The number of rotatable bonds is 6. The topological polar surface area (TPSA) is 41.3 Å². The van der Waals surface area contributed by atoms with Crippen LogP contribution in [-0.4, -0.2) is 39.0 Å². The van der Waals surface area contributed by atoms with Gasteiger partial charge >= 0.3 is 0 Å². The third kappa shape index (κ3) is 3.38. The van der Waals surface area contributed by atoms with Crippen LogP contribution in [0.3, 0.4) is 0 Å². The number of aliphatic hydroxyl groups excluding tert-OH is 1. The lowest BCUT2D eigenvalue weighted by atomic mass is 10.2. The van der Waals surface area contributed by atoms with Crippen LogP contribution in [0.1, 0.15) is 44.0 Å². The molecule has 1 aliphatic rings. The van der Waals surface area contributed by atoms with Crippen LogP contribution in [0.15, 0.2) is 4.47 Å². The second-order valence-corrected chi connectivity index (χ2v) is 6.11. The standard InChI is InChI=1S/C14H24BrN3O/c1-3-12-14(15)13(17(2)16-12)10-18(8-9-19)11-6-4-5-7-11/h11,19H,3-10H2,1-2H3. The van der Waals surface area contributed by atoms with E-state index in [9.17, 15) is 5.11 Å². The van der Waals surface area contributed by atoms with Gasteiger partial charge in [0.2, 0.25) is 0 Å². The Hall–Kier alpha value is -0.390. The van der Waals surface area contributed by atoms with Gasteiger partial charge in [0.15, 0.2) is 0 Å². The van der Waals surface area contributed by atoms with E-state index in [0.717, 1.165) is 29.7 Å². The normalized spacial score (nSPS) is 16.7. The van der Waals surface area contributed by atoms with Gasteiger partial charge in [-0.15, -0.1) is 0 Å². The Morgan fingerprint density at radius 1 is 1.42 bits per heavy atom. The first kappa shape index (κ1) is 15.0. The zero-order valence-corrected chi connectivity index (χ0v) is 13.5. The Morgan fingerprint density at radius 2 is 2.11 bits per heavy atom. The SMILES string of the molecule is CCc1nn(C)c(CN(CCO)C2CCCC2)c1Br.